The molecule has 2 N–H and O–H groups in total. The van der Waals surface area contributed by atoms with Gasteiger partial charge in [0.05, 0.1) is 28.8 Å². The Morgan fingerprint density at radius 1 is 1.16 bits per heavy atom. The number of carbonyl (C=O) groups is 1. The maximum absolute atomic E-state index is 12.9. The SMILES string of the molecule is Cc1ccc(NC(=O)/C(C#N)=C\Nc2cc(S(=O)(=O)N3CCOCC3)ccc2Cl)cc1Cl. The van der Waals surface area contributed by atoms with Gasteiger partial charge in [-0.3, -0.25) is 4.79 Å². The van der Waals surface area contributed by atoms with Crippen molar-refractivity contribution in [2.45, 2.75) is 11.8 Å². The predicted molar refractivity (Wildman–Crippen MR) is 123 cm³/mol. The topological polar surface area (TPSA) is 112 Å². The fraction of sp³-hybridized carbons (Fsp3) is 0.238. The number of hydrogen-bond acceptors (Lipinski definition) is 6. The Morgan fingerprint density at radius 3 is 2.53 bits per heavy atom. The molecule has 0 aromatic heterocycles. The zero-order chi connectivity index (χ0) is 23.3. The Bertz CT molecular complexity index is 1200. The van der Waals surface area contributed by atoms with Crippen molar-refractivity contribution >= 4 is 50.5 Å². The lowest BCUT2D eigenvalue weighted by Gasteiger charge is -2.26. The van der Waals surface area contributed by atoms with Crippen LogP contribution in [0.5, 0.6) is 0 Å². The molecule has 0 unspecified atom stereocenters. The Kier molecular flexibility index (Phi) is 7.77. The van der Waals surface area contributed by atoms with E-state index in [-0.39, 0.29) is 34.3 Å². The number of rotatable bonds is 6. The molecule has 0 aliphatic carbocycles. The zero-order valence-electron chi connectivity index (χ0n) is 17.1. The predicted octanol–water partition coefficient (Wildman–Crippen LogP) is 3.78. The molecule has 0 spiro atoms. The molecule has 2 aromatic rings. The van der Waals surface area contributed by atoms with E-state index in [2.05, 4.69) is 10.6 Å². The largest absolute Gasteiger partial charge is 0.379 e. The van der Waals surface area contributed by atoms with Gasteiger partial charge in [-0.15, -0.1) is 0 Å². The normalized spacial score (nSPS) is 15.1. The van der Waals surface area contributed by atoms with Crippen LogP contribution in [-0.4, -0.2) is 44.9 Å². The number of nitrogens with one attached hydrogen (secondary N) is 2. The van der Waals surface area contributed by atoms with Gasteiger partial charge in [0.1, 0.15) is 11.6 Å². The Labute approximate surface area is 196 Å². The summed E-state index contributed by atoms with van der Waals surface area (Å²) in [6.45, 7) is 3.00. The van der Waals surface area contributed by atoms with Crippen LogP contribution in [0.1, 0.15) is 5.56 Å². The minimum atomic E-state index is -3.73. The van der Waals surface area contributed by atoms with Gasteiger partial charge in [-0.1, -0.05) is 29.3 Å². The second-order valence-corrected chi connectivity index (χ2v) is 9.64. The van der Waals surface area contributed by atoms with Crippen molar-refractivity contribution in [2.75, 3.05) is 36.9 Å². The van der Waals surface area contributed by atoms with Crippen LogP contribution >= 0.6 is 23.2 Å². The third-order valence-corrected chi connectivity index (χ3v) is 7.34. The Morgan fingerprint density at radius 2 is 1.88 bits per heavy atom. The zero-order valence-corrected chi connectivity index (χ0v) is 19.4. The van der Waals surface area contributed by atoms with Crippen LogP contribution in [0.4, 0.5) is 11.4 Å². The first kappa shape index (κ1) is 24.0. The molecule has 0 bridgehead atoms. The van der Waals surface area contributed by atoms with E-state index in [0.29, 0.717) is 23.9 Å². The summed E-state index contributed by atoms with van der Waals surface area (Å²) in [7, 11) is -3.73. The summed E-state index contributed by atoms with van der Waals surface area (Å²) in [5.41, 5.74) is 1.28. The summed E-state index contributed by atoms with van der Waals surface area (Å²) >= 11 is 12.2. The third-order valence-electron chi connectivity index (χ3n) is 4.71. The van der Waals surface area contributed by atoms with E-state index < -0.39 is 15.9 Å². The van der Waals surface area contributed by atoms with E-state index in [4.69, 9.17) is 27.9 Å². The second-order valence-electron chi connectivity index (χ2n) is 6.89. The summed E-state index contributed by atoms with van der Waals surface area (Å²) in [6, 6.07) is 11.0. The van der Waals surface area contributed by atoms with E-state index in [9.17, 15) is 18.5 Å². The lowest BCUT2D eigenvalue weighted by molar-refractivity contribution is -0.112. The van der Waals surface area contributed by atoms with Crippen LogP contribution in [-0.2, 0) is 19.6 Å². The highest BCUT2D eigenvalue weighted by Gasteiger charge is 2.26. The van der Waals surface area contributed by atoms with Crippen LogP contribution in [0.2, 0.25) is 10.0 Å². The number of carbonyl (C=O) groups excluding carboxylic acids is 1. The van der Waals surface area contributed by atoms with Gasteiger partial charge in [-0.05, 0) is 42.8 Å². The summed E-state index contributed by atoms with van der Waals surface area (Å²) in [5, 5.41) is 15.4. The second kappa shape index (κ2) is 10.3. The quantitative estimate of drug-likeness (QED) is 0.466. The first-order chi connectivity index (χ1) is 15.2. The third kappa shape index (κ3) is 5.59. The Balaban J connectivity index is 1.79. The molecule has 1 amide bonds. The average molecular weight is 495 g/mol. The highest BCUT2D eigenvalue weighted by atomic mass is 35.5. The van der Waals surface area contributed by atoms with Gasteiger partial charge >= 0.3 is 0 Å². The maximum atomic E-state index is 12.9. The number of nitriles is 1. The van der Waals surface area contributed by atoms with Crippen molar-refractivity contribution in [3.63, 3.8) is 0 Å². The number of ether oxygens (including phenoxy) is 1. The fourth-order valence-electron chi connectivity index (χ4n) is 2.88. The highest BCUT2D eigenvalue weighted by molar-refractivity contribution is 7.89. The molecule has 0 atom stereocenters. The van der Waals surface area contributed by atoms with Crippen molar-refractivity contribution in [3.05, 3.63) is 63.8 Å². The van der Waals surface area contributed by atoms with Crippen LogP contribution < -0.4 is 10.6 Å². The lowest BCUT2D eigenvalue weighted by Crippen LogP contribution is -2.40. The minimum Gasteiger partial charge on any atom is -0.379 e. The van der Waals surface area contributed by atoms with Gasteiger partial charge in [0, 0.05) is 30.0 Å². The number of anilines is 2. The summed E-state index contributed by atoms with van der Waals surface area (Å²) < 4.78 is 32.3. The van der Waals surface area contributed by atoms with Crippen LogP contribution in [0.3, 0.4) is 0 Å². The van der Waals surface area contributed by atoms with E-state index in [1.54, 1.807) is 24.3 Å². The van der Waals surface area contributed by atoms with Gasteiger partial charge in [-0.25, -0.2) is 8.42 Å². The maximum Gasteiger partial charge on any atom is 0.267 e. The standard InChI is InChI=1S/C21H20Cl2N4O4S/c1-14-2-3-16(10-19(14)23)26-21(28)15(12-24)13-25-20-11-17(4-5-18(20)22)32(29,30)27-6-8-31-9-7-27/h2-5,10-11,13,25H,6-9H2,1H3,(H,26,28)/b15-13-. The molecule has 0 radical (unpaired) electrons. The van der Waals surface area contributed by atoms with Gasteiger partial charge in [0.15, 0.2) is 0 Å². The van der Waals surface area contributed by atoms with E-state index in [0.717, 1.165) is 11.8 Å². The Hall–Kier alpha value is -2.61. The molecule has 11 heteroatoms. The van der Waals surface area contributed by atoms with E-state index in [1.165, 1.54) is 22.5 Å². The summed E-state index contributed by atoms with van der Waals surface area (Å²) in [6.07, 6.45) is 1.16. The molecular formula is C21H20Cl2N4O4S. The molecule has 32 heavy (non-hydrogen) atoms. The molecule has 1 aliphatic rings. The number of nitrogens with zero attached hydrogens (tertiary/aromatic N) is 2. The van der Waals surface area contributed by atoms with Crippen LogP contribution in [0.15, 0.2) is 53.1 Å². The number of sulfonamides is 1. The molecule has 2 aromatic carbocycles. The molecule has 1 heterocycles. The number of aryl methyl sites for hydroxylation is 1. The molecule has 168 valence electrons. The molecule has 1 aliphatic heterocycles. The van der Waals surface area contributed by atoms with E-state index in [1.807, 2.05) is 6.92 Å². The number of amides is 1. The van der Waals surface area contributed by atoms with Crippen molar-refractivity contribution in [2.24, 2.45) is 0 Å². The van der Waals surface area contributed by atoms with Crippen molar-refractivity contribution in [1.82, 2.24) is 4.31 Å². The van der Waals surface area contributed by atoms with Gasteiger partial charge in [0.2, 0.25) is 10.0 Å². The van der Waals surface area contributed by atoms with Crippen LogP contribution in [0, 0.1) is 18.3 Å². The van der Waals surface area contributed by atoms with Crippen molar-refractivity contribution < 1.29 is 17.9 Å². The fourth-order valence-corrected chi connectivity index (χ4v) is 4.67. The highest BCUT2D eigenvalue weighted by Crippen LogP contribution is 2.28. The average Bonchev–Trinajstić information content (AvgIpc) is 2.78. The van der Waals surface area contributed by atoms with Crippen molar-refractivity contribution in [3.8, 4) is 6.07 Å². The molecule has 3 rings (SSSR count). The lowest BCUT2D eigenvalue weighted by atomic mass is 10.2. The van der Waals surface area contributed by atoms with Crippen molar-refractivity contribution in [1.29, 1.82) is 5.26 Å². The molecule has 0 saturated carbocycles. The van der Waals surface area contributed by atoms with Crippen LogP contribution in [0.25, 0.3) is 0 Å². The molecule has 1 fully saturated rings. The first-order valence-electron chi connectivity index (χ1n) is 9.54. The number of halogens is 2. The molecule has 8 nitrogen and oxygen atoms in total. The van der Waals surface area contributed by atoms with E-state index >= 15 is 0 Å². The van der Waals surface area contributed by atoms with Gasteiger partial charge in [-0.2, -0.15) is 9.57 Å². The summed E-state index contributed by atoms with van der Waals surface area (Å²) in [5.74, 6) is -0.659. The molecular weight excluding hydrogens is 475 g/mol. The number of morpholine rings is 1. The summed E-state index contributed by atoms with van der Waals surface area (Å²) in [4.78, 5) is 12.5. The number of benzene rings is 2. The van der Waals surface area contributed by atoms with Gasteiger partial charge in [0.25, 0.3) is 5.91 Å². The monoisotopic (exact) mass is 494 g/mol. The minimum absolute atomic E-state index is 0.0388. The molecule has 1 saturated heterocycles. The van der Waals surface area contributed by atoms with Gasteiger partial charge < -0.3 is 15.4 Å². The number of hydrogen-bond donors (Lipinski definition) is 2. The smallest absolute Gasteiger partial charge is 0.267 e. The first-order valence-corrected chi connectivity index (χ1v) is 11.7.